The molecule has 1 saturated heterocycles. The molecule has 0 amide bonds. The number of hydrogen-bond acceptors (Lipinski definition) is 4. The lowest BCUT2D eigenvalue weighted by atomic mass is 9.98. The lowest BCUT2D eigenvalue weighted by Gasteiger charge is -2.33. The van der Waals surface area contributed by atoms with Crippen molar-refractivity contribution in [3.63, 3.8) is 0 Å². The van der Waals surface area contributed by atoms with E-state index in [1.165, 1.54) is 0 Å². The second-order valence-electron chi connectivity index (χ2n) is 4.74. The Morgan fingerprint density at radius 2 is 2.47 bits per heavy atom. The van der Waals surface area contributed by atoms with E-state index in [0.717, 1.165) is 25.9 Å². The molecule has 1 aromatic rings. The van der Waals surface area contributed by atoms with Crippen LogP contribution in [0.25, 0.3) is 0 Å². The van der Waals surface area contributed by atoms with Crippen LogP contribution in [-0.4, -0.2) is 42.9 Å². The molecule has 1 unspecified atom stereocenters. The Morgan fingerprint density at radius 1 is 1.68 bits per heavy atom. The van der Waals surface area contributed by atoms with Gasteiger partial charge in [0.25, 0.3) is 0 Å². The maximum atomic E-state index is 11.3. The molecular weight excluding hydrogens is 312 g/mol. The summed E-state index contributed by atoms with van der Waals surface area (Å²) >= 11 is 3.26. The quantitative estimate of drug-likeness (QED) is 0.919. The molecule has 0 radical (unpaired) electrons. The number of ether oxygens (including phenoxy) is 1. The van der Waals surface area contributed by atoms with E-state index in [0.29, 0.717) is 22.8 Å². The van der Waals surface area contributed by atoms with E-state index in [1.807, 2.05) is 4.90 Å². The van der Waals surface area contributed by atoms with E-state index >= 15 is 0 Å². The number of piperidine rings is 1. The van der Waals surface area contributed by atoms with Crippen LogP contribution in [-0.2, 0) is 4.74 Å². The fourth-order valence-corrected chi connectivity index (χ4v) is 2.80. The average Bonchev–Trinajstić information content (AvgIpc) is 2.39. The van der Waals surface area contributed by atoms with Crippen molar-refractivity contribution in [1.29, 1.82) is 0 Å². The van der Waals surface area contributed by atoms with Crippen molar-refractivity contribution in [2.75, 3.05) is 31.7 Å². The summed E-state index contributed by atoms with van der Waals surface area (Å²) in [6.07, 6.45) is 3.79. The number of carbonyl (C=O) groups is 1. The molecule has 2 heterocycles. The van der Waals surface area contributed by atoms with E-state index in [9.17, 15) is 9.90 Å². The Bertz CT molecular complexity index is 465. The molecule has 104 valence electrons. The minimum Gasteiger partial charge on any atom is -0.478 e. The van der Waals surface area contributed by atoms with Gasteiger partial charge in [0, 0.05) is 30.9 Å². The second kappa shape index (κ2) is 6.34. The number of halogens is 1. The van der Waals surface area contributed by atoms with E-state index in [1.54, 1.807) is 19.4 Å². The minimum atomic E-state index is -0.947. The Hall–Kier alpha value is -1.14. The van der Waals surface area contributed by atoms with Crippen LogP contribution in [0.5, 0.6) is 0 Å². The summed E-state index contributed by atoms with van der Waals surface area (Å²) in [7, 11) is 1.69. The number of nitrogens with zero attached hydrogens (tertiary/aromatic N) is 2. The van der Waals surface area contributed by atoms with Crippen molar-refractivity contribution in [1.82, 2.24) is 4.98 Å². The summed E-state index contributed by atoms with van der Waals surface area (Å²) in [6, 6.07) is 1.60. The van der Waals surface area contributed by atoms with Crippen molar-refractivity contribution in [2.45, 2.75) is 12.8 Å². The molecule has 0 saturated carbocycles. The molecule has 0 bridgehead atoms. The van der Waals surface area contributed by atoms with Gasteiger partial charge in [-0.15, -0.1) is 0 Å². The molecule has 2 rings (SSSR count). The van der Waals surface area contributed by atoms with Gasteiger partial charge in [-0.25, -0.2) is 9.78 Å². The molecule has 5 nitrogen and oxygen atoms in total. The van der Waals surface area contributed by atoms with Crippen molar-refractivity contribution in [3.8, 4) is 0 Å². The number of carboxylic acid groups (broad SMARTS) is 1. The summed E-state index contributed by atoms with van der Waals surface area (Å²) in [5.74, 6) is 0.0417. The lowest BCUT2D eigenvalue weighted by molar-refractivity contribution is 0.0696. The molecule has 1 aliphatic rings. The van der Waals surface area contributed by atoms with Crippen LogP contribution in [0.4, 0.5) is 5.82 Å². The van der Waals surface area contributed by atoms with Gasteiger partial charge in [0.1, 0.15) is 11.4 Å². The molecule has 0 aliphatic carbocycles. The highest BCUT2D eigenvalue weighted by Gasteiger charge is 2.24. The molecule has 1 atom stereocenters. The Balaban J connectivity index is 2.23. The monoisotopic (exact) mass is 328 g/mol. The number of aromatic carboxylic acids is 1. The SMILES string of the molecule is COCC1CCCN(c2ncc(Br)cc2C(=O)O)C1. The van der Waals surface area contributed by atoms with Crippen LogP contribution in [0.2, 0.25) is 0 Å². The van der Waals surface area contributed by atoms with Crippen LogP contribution < -0.4 is 4.90 Å². The predicted molar refractivity (Wildman–Crippen MR) is 75.7 cm³/mol. The van der Waals surface area contributed by atoms with Crippen LogP contribution in [0.1, 0.15) is 23.2 Å². The lowest BCUT2D eigenvalue weighted by Crippen LogP contribution is -2.38. The van der Waals surface area contributed by atoms with Gasteiger partial charge in [0.05, 0.1) is 6.61 Å². The van der Waals surface area contributed by atoms with Crippen LogP contribution in [0, 0.1) is 5.92 Å². The summed E-state index contributed by atoms with van der Waals surface area (Å²) in [5.41, 5.74) is 0.243. The molecule has 0 aromatic carbocycles. The largest absolute Gasteiger partial charge is 0.478 e. The van der Waals surface area contributed by atoms with Crippen LogP contribution >= 0.6 is 15.9 Å². The number of rotatable bonds is 4. The zero-order valence-corrected chi connectivity index (χ0v) is 12.4. The van der Waals surface area contributed by atoms with Gasteiger partial charge in [0.15, 0.2) is 0 Å². The van der Waals surface area contributed by atoms with Gasteiger partial charge in [-0.05, 0) is 40.8 Å². The summed E-state index contributed by atoms with van der Waals surface area (Å²) in [6.45, 7) is 2.34. The van der Waals surface area contributed by atoms with Crippen LogP contribution in [0.3, 0.4) is 0 Å². The molecule has 19 heavy (non-hydrogen) atoms. The predicted octanol–water partition coefficient (Wildman–Crippen LogP) is 2.41. The zero-order valence-electron chi connectivity index (χ0n) is 10.8. The number of carboxylic acids is 1. The topological polar surface area (TPSA) is 62.7 Å². The van der Waals surface area contributed by atoms with Crippen molar-refractivity contribution < 1.29 is 14.6 Å². The van der Waals surface area contributed by atoms with Crippen molar-refractivity contribution in [3.05, 3.63) is 22.3 Å². The summed E-state index contributed by atoms with van der Waals surface area (Å²) < 4.78 is 5.87. The van der Waals surface area contributed by atoms with E-state index < -0.39 is 5.97 Å². The molecule has 1 aromatic heterocycles. The summed E-state index contributed by atoms with van der Waals surface area (Å²) in [5, 5.41) is 9.28. The van der Waals surface area contributed by atoms with Gasteiger partial charge >= 0.3 is 5.97 Å². The van der Waals surface area contributed by atoms with E-state index in [2.05, 4.69) is 20.9 Å². The first kappa shape index (κ1) is 14.3. The number of aromatic nitrogens is 1. The van der Waals surface area contributed by atoms with Crippen molar-refractivity contribution >= 4 is 27.7 Å². The van der Waals surface area contributed by atoms with Gasteiger partial charge in [-0.3, -0.25) is 0 Å². The van der Waals surface area contributed by atoms with Gasteiger partial charge in [0.2, 0.25) is 0 Å². The highest BCUT2D eigenvalue weighted by atomic mass is 79.9. The molecule has 0 spiro atoms. The second-order valence-corrected chi connectivity index (χ2v) is 5.66. The fourth-order valence-electron chi connectivity index (χ4n) is 2.47. The van der Waals surface area contributed by atoms with Crippen molar-refractivity contribution in [2.24, 2.45) is 5.92 Å². The Kier molecular flexibility index (Phi) is 4.76. The molecule has 1 N–H and O–H groups in total. The maximum absolute atomic E-state index is 11.3. The fraction of sp³-hybridized carbons (Fsp3) is 0.538. The zero-order chi connectivity index (χ0) is 13.8. The normalized spacial score (nSPS) is 19.5. The molecule has 1 aliphatic heterocycles. The minimum absolute atomic E-state index is 0.243. The molecular formula is C13H17BrN2O3. The maximum Gasteiger partial charge on any atom is 0.339 e. The third-order valence-corrected chi connectivity index (χ3v) is 3.72. The molecule has 1 fully saturated rings. The van der Waals surface area contributed by atoms with E-state index in [4.69, 9.17) is 4.74 Å². The number of pyridine rings is 1. The standard InChI is InChI=1S/C13H17BrN2O3/c1-19-8-9-3-2-4-16(7-9)12-11(13(17)18)5-10(14)6-15-12/h5-6,9H,2-4,7-8H2,1H3,(H,17,18). The highest BCUT2D eigenvalue weighted by molar-refractivity contribution is 9.10. The molecule has 6 heteroatoms. The van der Waals surface area contributed by atoms with Gasteiger partial charge in [-0.2, -0.15) is 0 Å². The van der Waals surface area contributed by atoms with E-state index in [-0.39, 0.29) is 5.56 Å². The Labute approximate surface area is 120 Å². The van der Waals surface area contributed by atoms with Gasteiger partial charge in [-0.1, -0.05) is 0 Å². The third kappa shape index (κ3) is 3.45. The number of anilines is 1. The average molecular weight is 329 g/mol. The smallest absolute Gasteiger partial charge is 0.339 e. The summed E-state index contributed by atoms with van der Waals surface area (Å²) in [4.78, 5) is 17.6. The number of methoxy groups -OCH3 is 1. The first-order chi connectivity index (χ1) is 9.11. The first-order valence-electron chi connectivity index (χ1n) is 6.24. The number of hydrogen-bond donors (Lipinski definition) is 1. The van der Waals surface area contributed by atoms with Crippen LogP contribution in [0.15, 0.2) is 16.7 Å². The Morgan fingerprint density at radius 3 is 3.16 bits per heavy atom. The van der Waals surface area contributed by atoms with Gasteiger partial charge < -0.3 is 14.7 Å². The highest BCUT2D eigenvalue weighted by Crippen LogP contribution is 2.26. The third-order valence-electron chi connectivity index (χ3n) is 3.28. The first-order valence-corrected chi connectivity index (χ1v) is 7.04.